The van der Waals surface area contributed by atoms with Crippen LogP contribution >= 0.6 is 0 Å². The van der Waals surface area contributed by atoms with Gasteiger partial charge in [-0.15, -0.1) is 0 Å². The molecule has 5 nitrogen and oxygen atoms in total. The lowest BCUT2D eigenvalue weighted by molar-refractivity contribution is 0.341. The third-order valence-electron chi connectivity index (χ3n) is 4.30. The lowest BCUT2D eigenvalue weighted by atomic mass is 10.1. The fourth-order valence-electron chi connectivity index (χ4n) is 3.26. The van der Waals surface area contributed by atoms with Crippen LogP contribution in [0.4, 0.5) is 5.82 Å². The fraction of sp³-hybridized carbons (Fsp3) is 0.412. The van der Waals surface area contributed by atoms with E-state index < -0.39 is 0 Å². The molecule has 1 aromatic carbocycles. The number of piperidine rings is 1. The first kappa shape index (κ1) is 13.4. The Morgan fingerprint density at radius 1 is 1.18 bits per heavy atom. The number of fused-ring (bicyclic) bond motifs is 3. The molecule has 0 saturated carbocycles. The molecule has 1 N–H and O–H groups in total. The highest BCUT2D eigenvalue weighted by molar-refractivity contribution is 6.08. The van der Waals surface area contributed by atoms with Crippen LogP contribution in [0, 0.1) is 0 Å². The Labute approximate surface area is 129 Å². The minimum atomic E-state index is 0.669. The first-order chi connectivity index (χ1) is 10.9. The van der Waals surface area contributed by atoms with E-state index in [9.17, 15) is 0 Å². The molecule has 3 aromatic rings. The molecule has 1 fully saturated rings. The number of benzene rings is 1. The molecule has 1 aliphatic heterocycles. The van der Waals surface area contributed by atoms with E-state index in [0.29, 0.717) is 6.61 Å². The van der Waals surface area contributed by atoms with E-state index in [4.69, 9.17) is 4.74 Å². The van der Waals surface area contributed by atoms with Crippen LogP contribution in [0.5, 0.6) is 5.75 Å². The van der Waals surface area contributed by atoms with Gasteiger partial charge in [-0.25, -0.2) is 9.97 Å². The molecule has 0 bridgehead atoms. The van der Waals surface area contributed by atoms with Gasteiger partial charge in [0.25, 0.3) is 0 Å². The van der Waals surface area contributed by atoms with Crippen LogP contribution in [-0.2, 0) is 0 Å². The standard InChI is InChI=1S/C17H20N4O/c1-2-22-12-6-7-14-13(10-12)15-16(20-14)17(19-11-18-15)21-8-4-3-5-9-21/h6-7,10-11,20H,2-5,8-9H2,1H3. The normalized spacial score (nSPS) is 15.6. The maximum Gasteiger partial charge on any atom is 0.156 e. The number of ether oxygens (including phenoxy) is 1. The lowest BCUT2D eigenvalue weighted by Crippen LogP contribution is -2.30. The third kappa shape index (κ3) is 2.17. The molecule has 114 valence electrons. The van der Waals surface area contributed by atoms with Gasteiger partial charge in [0.15, 0.2) is 5.82 Å². The van der Waals surface area contributed by atoms with E-state index in [-0.39, 0.29) is 0 Å². The maximum absolute atomic E-state index is 5.61. The largest absolute Gasteiger partial charge is 0.494 e. The Bertz CT molecular complexity index is 805. The van der Waals surface area contributed by atoms with Gasteiger partial charge >= 0.3 is 0 Å². The number of nitrogens with one attached hydrogen (secondary N) is 1. The average molecular weight is 296 g/mol. The van der Waals surface area contributed by atoms with Crippen molar-refractivity contribution in [2.75, 3.05) is 24.6 Å². The van der Waals surface area contributed by atoms with Crippen LogP contribution in [0.15, 0.2) is 24.5 Å². The summed E-state index contributed by atoms with van der Waals surface area (Å²) in [5.74, 6) is 1.91. The number of hydrogen-bond acceptors (Lipinski definition) is 4. The number of hydrogen-bond donors (Lipinski definition) is 1. The molecule has 0 spiro atoms. The second-order valence-electron chi connectivity index (χ2n) is 5.73. The minimum absolute atomic E-state index is 0.669. The zero-order chi connectivity index (χ0) is 14.9. The molecule has 0 aliphatic carbocycles. The fourth-order valence-corrected chi connectivity index (χ4v) is 3.26. The Morgan fingerprint density at radius 3 is 2.86 bits per heavy atom. The minimum Gasteiger partial charge on any atom is -0.494 e. The molecule has 0 unspecified atom stereocenters. The van der Waals surface area contributed by atoms with Gasteiger partial charge in [0.05, 0.1) is 6.61 Å². The van der Waals surface area contributed by atoms with Crippen LogP contribution < -0.4 is 9.64 Å². The topological polar surface area (TPSA) is 54.0 Å². The van der Waals surface area contributed by atoms with Crippen molar-refractivity contribution in [3.05, 3.63) is 24.5 Å². The molecule has 3 heterocycles. The first-order valence-corrected chi connectivity index (χ1v) is 8.01. The Kier molecular flexibility index (Phi) is 3.33. The van der Waals surface area contributed by atoms with Crippen molar-refractivity contribution in [3.8, 4) is 5.75 Å². The SMILES string of the molecule is CCOc1ccc2[nH]c3c(N4CCCCC4)ncnc3c2c1. The Morgan fingerprint density at radius 2 is 2.05 bits per heavy atom. The van der Waals surface area contributed by atoms with E-state index in [0.717, 1.165) is 46.6 Å². The van der Waals surface area contributed by atoms with E-state index in [1.54, 1.807) is 6.33 Å². The number of H-pyrrole nitrogens is 1. The number of aromatic amines is 1. The summed E-state index contributed by atoms with van der Waals surface area (Å²) in [5.41, 5.74) is 3.09. The molecule has 4 rings (SSSR count). The van der Waals surface area contributed by atoms with Gasteiger partial charge in [-0.05, 0) is 44.4 Å². The molecule has 1 saturated heterocycles. The monoisotopic (exact) mass is 296 g/mol. The zero-order valence-corrected chi connectivity index (χ0v) is 12.8. The predicted molar refractivity (Wildman–Crippen MR) is 88.6 cm³/mol. The lowest BCUT2D eigenvalue weighted by Gasteiger charge is -2.27. The quantitative estimate of drug-likeness (QED) is 0.803. The van der Waals surface area contributed by atoms with Crippen molar-refractivity contribution < 1.29 is 4.74 Å². The third-order valence-corrected chi connectivity index (χ3v) is 4.30. The highest BCUT2D eigenvalue weighted by Crippen LogP contribution is 2.32. The smallest absolute Gasteiger partial charge is 0.156 e. The molecule has 0 amide bonds. The predicted octanol–water partition coefficient (Wildman–Crippen LogP) is 3.50. The van der Waals surface area contributed by atoms with Crippen molar-refractivity contribution >= 4 is 27.8 Å². The van der Waals surface area contributed by atoms with Crippen molar-refractivity contribution in [2.45, 2.75) is 26.2 Å². The molecule has 5 heteroatoms. The average Bonchev–Trinajstić information content (AvgIpc) is 2.94. The summed E-state index contributed by atoms with van der Waals surface area (Å²) in [6.07, 6.45) is 5.46. The summed E-state index contributed by atoms with van der Waals surface area (Å²) in [7, 11) is 0. The molecule has 0 radical (unpaired) electrons. The van der Waals surface area contributed by atoms with Gasteiger partial charge in [0, 0.05) is 24.0 Å². The van der Waals surface area contributed by atoms with Crippen molar-refractivity contribution in [1.82, 2.24) is 15.0 Å². The number of aromatic nitrogens is 3. The summed E-state index contributed by atoms with van der Waals surface area (Å²) < 4.78 is 5.61. The van der Waals surface area contributed by atoms with Gasteiger partial charge in [0.1, 0.15) is 23.1 Å². The van der Waals surface area contributed by atoms with Gasteiger partial charge in [0.2, 0.25) is 0 Å². The van der Waals surface area contributed by atoms with Crippen LogP contribution in [0.3, 0.4) is 0 Å². The van der Waals surface area contributed by atoms with E-state index in [1.807, 2.05) is 13.0 Å². The van der Waals surface area contributed by atoms with Crippen LogP contribution in [0.1, 0.15) is 26.2 Å². The summed E-state index contributed by atoms with van der Waals surface area (Å²) in [5, 5.41) is 1.10. The highest BCUT2D eigenvalue weighted by atomic mass is 16.5. The van der Waals surface area contributed by atoms with Crippen LogP contribution in [0.2, 0.25) is 0 Å². The van der Waals surface area contributed by atoms with Crippen molar-refractivity contribution in [3.63, 3.8) is 0 Å². The number of nitrogens with zero attached hydrogens (tertiary/aromatic N) is 3. The van der Waals surface area contributed by atoms with E-state index in [2.05, 4.69) is 32.0 Å². The molecule has 0 atom stereocenters. The molecule has 1 aliphatic rings. The summed E-state index contributed by atoms with van der Waals surface area (Å²) in [6, 6.07) is 6.11. The Hall–Kier alpha value is -2.30. The molecule has 22 heavy (non-hydrogen) atoms. The van der Waals surface area contributed by atoms with Crippen molar-refractivity contribution in [1.29, 1.82) is 0 Å². The van der Waals surface area contributed by atoms with Gasteiger partial charge < -0.3 is 14.6 Å². The second kappa shape index (κ2) is 5.48. The van der Waals surface area contributed by atoms with Crippen LogP contribution in [-0.4, -0.2) is 34.6 Å². The number of anilines is 1. The summed E-state index contributed by atoms with van der Waals surface area (Å²) >= 11 is 0. The van der Waals surface area contributed by atoms with E-state index >= 15 is 0 Å². The van der Waals surface area contributed by atoms with Crippen LogP contribution in [0.25, 0.3) is 21.9 Å². The van der Waals surface area contributed by atoms with Gasteiger partial charge in [-0.2, -0.15) is 0 Å². The molecule has 2 aromatic heterocycles. The summed E-state index contributed by atoms with van der Waals surface area (Å²) in [4.78, 5) is 14.9. The molecular formula is C17H20N4O. The Balaban J connectivity index is 1.87. The molecular weight excluding hydrogens is 276 g/mol. The van der Waals surface area contributed by atoms with Gasteiger partial charge in [-0.1, -0.05) is 0 Å². The van der Waals surface area contributed by atoms with E-state index in [1.165, 1.54) is 19.3 Å². The second-order valence-corrected chi connectivity index (χ2v) is 5.73. The highest BCUT2D eigenvalue weighted by Gasteiger charge is 2.18. The summed E-state index contributed by atoms with van der Waals surface area (Å²) in [6.45, 7) is 4.81. The zero-order valence-electron chi connectivity index (χ0n) is 12.8. The number of rotatable bonds is 3. The first-order valence-electron chi connectivity index (χ1n) is 8.01. The van der Waals surface area contributed by atoms with Crippen molar-refractivity contribution in [2.24, 2.45) is 0 Å². The maximum atomic E-state index is 5.61. The van der Waals surface area contributed by atoms with Gasteiger partial charge in [-0.3, -0.25) is 0 Å².